The number of carbonyl (C=O) groups is 1. The predicted octanol–water partition coefficient (Wildman–Crippen LogP) is 4.62. The molecule has 0 spiro atoms. The minimum atomic E-state index is -3.73. The quantitative estimate of drug-likeness (QED) is 0.630. The van der Waals surface area contributed by atoms with Gasteiger partial charge in [0.15, 0.2) is 0 Å². The van der Waals surface area contributed by atoms with Crippen LogP contribution in [0.2, 0.25) is 0 Å². The third-order valence-corrected chi connectivity index (χ3v) is 6.92. The number of nitrogens with one attached hydrogen (secondary N) is 1. The predicted molar refractivity (Wildman–Crippen MR) is 120 cm³/mol. The molecule has 6 heteroatoms. The van der Waals surface area contributed by atoms with Gasteiger partial charge in [-0.3, -0.25) is 9.10 Å². The third kappa shape index (κ3) is 4.54. The molecular weight excluding hydrogens is 396 g/mol. The van der Waals surface area contributed by atoms with Crippen LogP contribution in [-0.4, -0.2) is 21.4 Å². The second-order valence-corrected chi connectivity index (χ2v) is 9.36. The minimum Gasteiger partial charge on any atom is -0.346 e. The van der Waals surface area contributed by atoms with E-state index in [1.807, 2.05) is 45.0 Å². The molecule has 0 aromatic heterocycles. The fourth-order valence-corrected chi connectivity index (χ4v) is 4.46. The van der Waals surface area contributed by atoms with E-state index < -0.39 is 10.0 Å². The molecule has 0 fully saturated rings. The van der Waals surface area contributed by atoms with Crippen LogP contribution >= 0.6 is 0 Å². The Hall–Kier alpha value is -3.12. The van der Waals surface area contributed by atoms with E-state index in [1.54, 1.807) is 48.5 Å². The van der Waals surface area contributed by atoms with Gasteiger partial charge in [-0.05, 0) is 56.2 Å². The second kappa shape index (κ2) is 8.71. The number of rotatable bonds is 6. The van der Waals surface area contributed by atoms with Crippen LogP contribution in [0.1, 0.15) is 40.0 Å². The van der Waals surface area contributed by atoms with Crippen LogP contribution in [-0.2, 0) is 10.0 Å². The van der Waals surface area contributed by atoms with Gasteiger partial charge in [0.05, 0.1) is 16.6 Å². The number of sulfonamides is 1. The summed E-state index contributed by atoms with van der Waals surface area (Å²) in [6.07, 6.45) is 0. The van der Waals surface area contributed by atoms with E-state index in [0.717, 1.165) is 16.7 Å². The number of benzene rings is 3. The number of aryl methyl sites for hydroxylation is 2. The zero-order valence-corrected chi connectivity index (χ0v) is 18.4. The SMILES string of the molecule is Cc1ccc([C@@H](C)NC(=O)c2ccc(C)c(N(C)S(=O)(=O)c3ccccc3)c2)cc1. The minimum absolute atomic E-state index is 0.173. The third-order valence-electron chi connectivity index (χ3n) is 5.14. The van der Waals surface area contributed by atoms with Gasteiger partial charge in [-0.2, -0.15) is 0 Å². The molecule has 156 valence electrons. The Morgan fingerprint density at radius 1 is 0.933 bits per heavy atom. The molecule has 3 aromatic carbocycles. The summed E-state index contributed by atoms with van der Waals surface area (Å²) in [7, 11) is -2.22. The summed E-state index contributed by atoms with van der Waals surface area (Å²) < 4.78 is 27.2. The molecule has 0 aliphatic carbocycles. The average molecular weight is 423 g/mol. The smallest absolute Gasteiger partial charge is 0.264 e. The van der Waals surface area contributed by atoms with Crippen LogP contribution in [0.5, 0.6) is 0 Å². The van der Waals surface area contributed by atoms with Gasteiger partial charge in [0.25, 0.3) is 15.9 Å². The Labute approximate surface area is 178 Å². The Balaban J connectivity index is 1.85. The van der Waals surface area contributed by atoms with Crippen LogP contribution < -0.4 is 9.62 Å². The van der Waals surface area contributed by atoms with Crippen molar-refractivity contribution in [3.8, 4) is 0 Å². The first-order chi connectivity index (χ1) is 14.2. The first-order valence-corrected chi connectivity index (χ1v) is 11.2. The van der Waals surface area contributed by atoms with E-state index in [2.05, 4.69) is 5.32 Å². The van der Waals surface area contributed by atoms with Crippen molar-refractivity contribution < 1.29 is 13.2 Å². The second-order valence-electron chi connectivity index (χ2n) is 7.39. The van der Waals surface area contributed by atoms with E-state index in [1.165, 1.54) is 11.4 Å². The first-order valence-electron chi connectivity index (χ1n) is 9.72. The van der Waals surface area contributed by atoms with Gasteiger partial charge >= 0.3 is 0 Å². The Morgan fingerprint density at radius 2 is 1.57 bits per heavy atom. The molecule has 0 unspecified atom stereocenters. The summed E-state index contributed by atoms with van der Waals surface area (Å²) >= 11 is 0. The lowest BCUT2D eigenvalue weighted by atomic mass is 10.1. The number of nitrogens with zero attached hydrogens (tertiary/aromatic N) is 1. The Morgan fingerprint density at radius 3 is 2.20 bits per heavy atom. The molecule has 5 nitrogen and oxygen atoms in total. The Bertz CT molecular complexity index is 1140. The van der Waals surface area contributed by atoms with E-state index >= 15 is 0 Å². The lowest BCUT2D eigenvalue weighted by Crippen LogP contribution is -2.29. The van der Waals surface area contributed by atoms with Crippen molar-refractivity contribution in [1.29, 1.82) is 0 Å². The number of carbonyl (C=O) groups excluding carboxylic acids is 1. The number of amides is 1. The average Bonchev–Trinajstić information content (AvgIpc) is 2.74. The summed E-state index contributed by atoms with van der Waals surface area (Å²) in [4.78, 5) is 13.0. The molecule has 0 saturated carbocycles. The van der Waals surface area contributed by atoms with Crippen LogP contribution in [0.3, 0.4) is 0 Å². The molecule has 1 amide bonds. The van der Waals surface area contributed by atoms with Crippen LogP contribution in [0.4, 0.5) is 5.69 Å². The fraction of sp³-hybridized carbons (Fsp3) is 0.208. The van der Waals surface area contributed by atoms with Gasteiger partial charge in [0.2, 0.25) is 0 Å². The maximum Gasteiger partial charge on any atom is 0.264 e. The van der Waals surface area contributed by atoms with Crippen molar-refractivity contribution in [1.82, 2.24) is 5.32 Å². The highest BCUT2D eigenvalue weighted by atomic mass is 32.2. The van der Waals surface area contributed by atoms with Gasteiger partial charge < -0.3 is 5.32 Å². The van der Waals surface area contributed by atoms with Crippen molar-refractivity contribution in [3.63, 3.8) is 0 Å². The molecule has 0 radical (unpaired) electrons. The molecule has 1 atom stereocenters. The van der Waals surface area contributed by atoms with Gasteiger partial charge in [-0.1, -0.05) is 54.1 Å². The molecule has 0 aliphatic heterocycles. The highest BCUT2D eigenvalue weighted by molar-refractivity contribution is 7.92. The number of anilines is 1. The lowest BCUT2D eigenvalue weighted by Gasteiger charge is -2.22. The summed E-state index contributed by atoms with van der Waals surface area (Å²) in [5.41, 5.74) is 3.80. The van der Waals surface area contributed by atoms with Crippen LogP contribution in [0.25, 0.3) is 0 Å². The summed E-state index contributed by atoms with van der Waals surface area (Å²) in [6, 6.07) is 21.1. The maximum absolute atomic E-state index is 13.0. The molecule has 0 bridgehead atoms. The summed E-state index contributed by atoms with van der Waals surface area (Å²) in [5.74, 6) is -0.255. The highest BCUT2D eigenvalue weighted by Gasteiger charge is 2.23. The van der Waals surface area contributed by atoms with Crippen molar-refractivity contribution in [3.05, 3.63) is 95.1 Å². The zero-order chi connectivity index (χ0) is 21.9. The Kier molecular flexibility index (Phi) is 6.27. The molecule has 3 aromatic rings. The monoisotopic (exact) mass is 422 g/mol. The molecule has 0 aliphatic rings. The fourth-order valence-electron chi connectivity index (χ4n) is 3.19. The molecule has 30 heavy (non-hydrogen) atoms. The molecule has 0 heterocycles. The molecule has 0 saturated heterocycles. The topological polar surface area (TPSA) is 66.5 Å². The van der Waals surface area contributed by atoms with E-state index in [0.29, 0.717) is 11.3 Å². The van der Waals surface area contributed by atoms with E-state index in [9.17, 15) is 13.2 Å². The number of hydrogen-bond acceptors (Lipinski definition) is 3. The van der Waals surface area contributed by atoms with Gasteiger partial charge in [-0.25, -0.2) is 8.42 Å². The summed E-state index contributed by atoms with van der Waals surface area (Å²) in [5, 5.41) is 2.98. The van der Waals surface area contributed by atoms with Crippen molar-refractivity contribution in [2.45, 2.75) is 31.7 Å². The first kappa shape index (κ1) is 21.6. The van der Waals surface area contributed by atoms with Crippen molar-refractivity contribution in [2.24, 2.45) is 0 Å². The van der Waals surface area contributed by atoms with Crippen molar-refractivity contribution >= 4 is 21.6 Å². The summed E-state index contributed by atoms with van der Waals surface area (Å²) in [6.45, 7) is 5.76. The van der Waals surface area contributed by atoms with Crippen molar-refractivity contribution in [2.75, 3.05) is 11.4 Å². The molecule has 1 N–H and O–H groups in total. The molecule has 3 rings (SSSR count). The van der Waals surface area contributed by atoms with Gasteiger partial charge in [-0.15, -0.1) is 0 Å². The number of hydrogen-bond donors (Lipinski definition) is 1. The highest BCUT2D eigenvalue weighted by Crippen LogP contribution is 2.27. The van der Waals surface area contributed by atoms with Crippen LogP contribution in [0, 0.1) is 13.8 Å². The van der Waals surface area contributed by atoms with Gasteiger partial charge in [0.1, 0.15) is 0 Å². The largest absolute Gasteiger partial charge is 0.346 e. The maximum atomic E-state index is 13.0. The standard InChI is InChI=1S/C24H26N2O3S/c1-17-10-13-20(14-11-17)19(3)25-24(27)21-15-12-18(2)23(16-21)26(4)30(28,29)22-8-6-5-7-9-22/h5-16,19H,1-4H3,(H,25,27)/t19-/m1/s1. The van der Waals surface area contributed by atoms with E-state index in [4.69, 9.17) is 0 Å². The lowest BCUT2D eigenvalue weighted by molar-refractivity contribution is 0.0940. The van der Waals surface area contributed by atoms with Crippen LogP contribution in [0.15, 0.2) is 77.7 Å². The normalized spacial score (nSPS) is 12.3. The van der Waals surface area contributed by atoms with Gasteiger partial charge in [0, 0.05) is 12.6 Å². The zero-order valence-electron chi connectivity index (χ0n) is 17.6. The molecular formula is C24H26N2O3S. The van der Waals surface area contributed by atoms with E-state index in [-0.39, 0.29) is 16.8 Å².